The van der Waals surface area contributed by atoms with Crippen LogP contribution in [0.2, 0.25) is 0 Å². The highest BCUT2D eigenvalue weighted by molar-refractivity contribution is 5.76. The molecular weight excluding hydrogens is 214 g/mol. The van der Waals surface area contributed by atoms with E-state index < -0.39 is 0 Å². The Hall–Kier alpha value is -0.770. The zero-order valence-corrected chi connectivity index (χ0v) is 11.3. The maximum Gasteiger partial charge on any atom is 0.318 e. The molecule has 2 rings (SSSR count). The molecule has 2 amide bonds. The van der Waals surface area contributed by atoms with Crippen molar-refractivity contribution in [2.45, 2.75) is 57.5 Å². The second kappa shape index (κ2) is 4.16. The molecule has 98 valence electrons. The number of carbonyl (C=O) groups excluding carboxylic acids is 1. The van der Waals surface area contributed by atoms with Crippen molar-refractivity contribution in [3.05, 3.63) is 0 Å². The van der Waals surface area contributed by atoms with Gasteiger partial charge in [0.1, 0.15) is 0 Å². The Morgan fingerprint density at radius 3 is 2.82 bits per heavy atom. The molecule has 0 aromatic heterocycles. The van der Waals surface area contributed by atoms with Crippen LogP contribution in [0.1, 0.15) is 46.5 Å². The lowest BCUT2D eigenvalue weighted by Gasteiger charge is -2.39. The van der Waals surface area contributed by atoms with Gasteiger partial charge in [-0.3, -0.25) is 0 Å². The van der Waals surface area contributed by atoms with Crippen molar-refractivity contribution in [1.29, 1.82) is 0 Å². The molecule has 1 aliphatic carbocycles. The largest absolute Gasteiger partial charge is 0.333 e. The molecule has 2 unspecified atom stereocenters. The first kappa shape index (κ1) is 12.7. The normalized spacial score (nSPS) is 32.7. The summed E-state index contributed by atoms with van der Waals surface area (Å²) in [6, 6.07) is 0.0624. The van der Waals surface area contributed by atoms with Gasteiger partial charge < -0.3 is 16.0 Å². The van der Waals surface area contributed by atoms with Crippen LogP contribution in [0.4, 0.5) is 4.79 Å². The average molecular weight is 239 g/mol. The standard InChI is InChI=1S/C13H25N3O/c1-12(2,3)15-11(17)16-8-10-5-4-6-13(16,7-10)9-14/h10H,4-9,14H2,1-3H3,(H,15,17). The minimum Gasteiger partial charge on any atom is -0.333 e. The van der Waals surface area contributed by atoms with Gasteiger partial charge in [-0.1, -0.05) is 6.42 Å². The van der Waals surface area contributed by atoms with Crippen molar-refractivity contribution >= 4 is 6.03 Å². The van der Waals surface area contributed by atoms with Gasteiger partial charge in [-0.2, -0.15) is 0 Å². The van der Waals surface area contributed by atoms with E-state index in [9.17, 15) is 4.79 Å². The van der Waals surface area contributed by atoms with Gasteiger partial charge in [0.05, 0.1) is 5.54 Å². The summed E-state index contributed by atoms with van der Waals surface area (Å²) in [5.41, 5.74) is 5.71. The monoisotopic (exact) mass is 239 g/mol. The lowest BCUT2D eigenvalue weighted by atomic mass is 9.80. The predicted molar refractivity (Wildman–Crippen MR) is 68.7 cm³/mol. The van der Waals surface area contributed by atoms with E-state index in [-0.39, 0.29) is 17.1 Å². The number of amides is 2. The molecule has 0 aromatic carbocycles. The summed E-state index contributed by atoms with van der Waals surface area (Å²) >= 11 is 0. The molecule has 0 spiro atoms. The minimum absolute atomic E-state index is 0.0573. The first-order valence-electron chi connectivity index (χ1n) is 6.66. The number of nitrogens with zero attached hydrogens (tertiary/aromatic N) is 1. The third kappa shape index (κ3) is 2.41. The number of nitrogens with one attached hydrogen (secondary N) is 1. The molecule has 2 fully saturated rings. The van der Waals surface area contributed by atoms with Gasteiger partial charge in [0.25, 0.3) is 0 Å². The Labute approximate surface area is 104 Å². The minimum atomic E-state index is -0.177. The Bertz CT molecular complexity index is 310. The smallest absolute Gasteiger partial charge is 0.318 e. The van der Waals surface area contributed by atoms with Crippen LogP contribution in [0, 0.1) is 5.92 Å². The Balaban J connectivity index is 2.12. The summed E-state index contributed by atoms with van der Waals surface area (Å²) in [6.07, 6.45) is 4.63. The van der Waals surface area contributed by atoms with Crippen LogP contribution in [0.3, 0.4) is 0 Å². The first-order valence-corrected chi connectivity index (χ1v) is 6.66. The number of carbonyl (C=O) groups is 1. The molecule has 2 aliphatic rings. The third-order valence-electron chi connectivity index (χ3n) is 4.04. The van der Waals surface area contributed by atoms with Crippen molar-refractivity contribution in [1.82, 2.24) is 10.2 Å². The fourth-order valence-electron chi connectivity index (χ4n) is 3.30. The van der Waals surface area contributed by atoms with E-state index in [0.717, 1.165) is 19.4 Å². The molecule has 1 saturated heterocycles. The zero-order valence-electron chi connectivity index (χ0n) is 11.3. The first-order chi connectivity index (χ1) is 7.86. The molecule has 2 bridgehead atoms. The Kier molecular flexibility index (Phi) is 3.10. The topological polar surface area (TPSA) is 58.4 Å². The summed E-state index contributed by atoms with van der Waals surface area (Å²) in [6.45, 7) is 7.53. The van der Waals surface area contributed by atoms with Crippen LogP contribution in [0.25, 0.3) is 0 Å². The number of nitrogens with two attached hydrogens (primary N) is 1. The van der Waals surface area contributed by atoms with Crippen molar-refractivity contribution < 1.29 is 4.79 Å². The van der Waals surface area contributed by atoms with Gasteiger partial charge in [0.2, 0.25) is 0 Å². The van der Waals surface area contributed by atoms with E-state index in [0.29, 0.717) is 12.5 Å². The molecule has 4 heteroatoms. The summed E-state index contributed by atoms with van der Waals surface area (Å²) < 4.78 is 0. The molecule has 3 N–H and O–H groups in total. The van der Waals surface area contributed by atoms with Crippen LogP contribution >= 0.6 is 0 Å². The summed E-state index contributed by atoms with van der Waals surface area (Å²) in [7, 11) is 0. The second-order valence-electron chi connectivity index (χ2n) is 6.68. The number of likely N-dealkylation sites (tertiary alicyclic amines) is 1. The van der Waals surface area contributed by atoms with Crippen LogP contribution in [-0.4, -0.2) is 35.1 Å². The number of hydrogen-bond acceptors (Lipinski definition) is 2. The SMILES string of the molecule is CC(C)(C)NC(=O)N1CC2CCCC1(CN)C2. The maximum absolute atomic E-state index is 12.3. The van der Waals surface area contributed by atoms with Gasteiger partial charge in [-0.15, -0.1) is 0 Å². The highest BCUT2D eigenvalue weighted by Crippen LogP contribution is 2.43. The molecule has 17 heavy (non-hydrogen) atoms. The van der Waals surface area contributed by atoms with E-state index in [1.807, 2.05) is 25.7 Å². The van der Waals surface area contributed by atoms with Crippen LogP contribution < -0.4 is 11.1 Å². The molecule has 1 aliphatic heterocycles. The van der Waals surface area contributed by atoms with Crippen LogP contribution in [0.15, 0.2) is 0 Å². The molecule has 2 atom stereocenters. The van der Waals surface area contributed by atoms with E-state index in [4.69, 9.17) is 5.73 Å². The van der Waals surface area contributed by atoms with Crippen LogP contribution in [0.5, 0.6) is 0 Å². The number of urea groups is 1. The molecule has 4 nitrogen and oxygen atoms in total. The van der Waals surface area contributed by atoms with Crippen molar-refractivity contribution in [2.24, 2.45) is 11.7 Å². The van der Waals surface area contributed by atoms with Crippen molar-refractivity contribution in [3.63, 3.8) is 0 Å². The molecule has 1 heterocycles. The van der Waals surface area contributed by atoms with Crippen molar-refractivity contribution in [2.75, 3.05) is 13.1 Å². The lowest BCUT2D eigenvalue weighted by molar-refractivity contribution is 0.134. The fourth-order valence-corrected chi connectivity index (χ4v) is 3.30. The molecule has 0 radical (unpaired) electrons. The number of fused-ring (bicyclic) bond motifs is 2. The highest BCUT2D eigenvalue weighted by Gasteiger charge is 2.49. The summed E-state index contributed by atoms with van der Waals surface area (Å²) in [5.74, 6) is 0.665. The van der Waals surface area contributed by atoms with E-state index in [1.165, 1.54) is 12.8 Å². The molecule has 0 aromatic rings. The fraction of sp³-hybridized carbons (Fsp3) is 0.923. The highest BCUT2D eigenvalue weighted by atomic mass is 16.2. The van der Waals surface area contributed by atoms with Gasteiger partial charge in [-0.25, -0.2) is 4.79 Å². The quantitative estimate of drug-likeness (QED) is 0.731. The predicted octanol–water partition coefficient (Wildman–Crippen LogP) is 1.70. The number of hydrogen-bond donors (Lipinski definition) is 2. The summed E-state index contributed by atoms with van der Waals surface area (Å²) in [4.78, 5) is 14.3. The van der Waals surface area contributed by atoms with Crippen LogP contribution in [-0.2, 0) is 0 Å². The van der Waals surface area contributed by atoms with Gasteiger partial charge in [0.15, 0.2) is 0 Å². The van der Waals surface area contributed by atoms with E-state index >= 15 is 0 Å². The van der Waals surface area contributed by atoms with E-state index in [1.54, 1.807) is 0 Å². The van der Waals surface area contributed by atoms with Gasteiger partial charge >= 0.3 is 6.03 Å². The maximum atomic E-state index is 12.3. The number of rotatable bonds is 1. The second-order valence-corrected chi connectivity index (χ2v) is 6.68. The Morgan fingerprint density at radius 1 is 1.53 bits per heavy atom. The van der Waals surface area contributed by atoms with E-state index in [2.05, 4.69) is 5.32 Å². The summed E-state index contributed by atoms with van der Waals surface area (Å²) in [5, 5.41) is 3.06. The lowest BCUT2D eigenvalue weighted by Crippen LogP contribution is -2.58. The third-order valence-corrected chi connectivity index (χ3v) is 4.04. The van der Waals surface area contributed by atoms with Gasteiger partial charge in [-0.05, 0) is 46.0 Å². The average Bonchev–Trinajstić information content (AvgIpc) is 2.48. The Morgan fingerprint density at radius 2 is 2.24 bits per heavy atom. The van der Waals surface area contributed by atoms with Gasteiger partial charge in [0, 0.05) is 18.6 Å². The molecular formula is C13H25N3O. The zero-order chi connectivity index (χ0) is 12.7. The van der Waals surface area contributed by atoms with Crippen molar-refractivity contribution in [3.8, 4) is 0 Å². The molecule has 1 saturated carbocycles.